The SMILES string of the molecule is CCOP(CCc1cccc(-c2cn(C)c3c2C(N)=NCN3)c1)OCC. The van der Waals surface area contributed by atoms with Crippen molar-refractivity contribution >= 4 is 20.0 Å². The summed E-state index contributed by atoms with van der Waals surface area (Å²) in [6.07, 6.45) is 3.94. The van der Waals surface area contributed by atoms with E-state index in [1.165, 1.54) is 5.56 Å². The number of nitrogens with zero attached hydrogens (tertiary/aromatic N) is 2. The molecule has 2 aromatic rings. The second-order valence-corrected chi connectivity index (χ2v) is 7.73. The van der Waals surface area contributed by atoms with Gasteiger partial charge in [-0.3, -0.25) is 0 Å². The van der Waals surface area contributed by atoms with Crippen LogP contribution < -0.4 is 11.1 Å². The lowest BCUT2D eigenvalue weighted by Crippen LogP contribution is -2.23. The number of amidine groups is 1. The van der Waals surface area contributed by atoms with E-state index in [4.69, 9.17) is 14.8 Å². The zero-order valence-electron chi connectivity index (χ0n) is 15.7. The highest BCUT2D eigenvalue weighted by Crippen LogP contribution is 2.39. The zero-order valence-corrected chi connectivity index (χ0v) is 16.6. The smallest absolute Gasteiger partial charge is 0.170 e. The molecular weight excluding hydrogens is 347 g/mol. The summed E-state index contributed by atoms with van der Waals surface area (Å²) in [7, 11) is 1.21. The Balaban J connectivity index is 1.82. The van der Waals surface area contributed by atoms with E-state index < -0.39 is 8.38 Å². The van der Waals surface area contributed by atoms with Crippen molar-refractivity contribution in [2.75, 3.05) is 31.4 Å². The molecule has 0 aliphatic carbocycles. The Morgan fingerprint density at radius 3 is 2.77 bits per heavy atom. The van der Waals surface area contributed by atoms with Gasteiger partial charge in [-0.2, -0.15) is 0 Å². The molecule has 0 radical (unpaired) electrons. The summed E-state index contributed by atoms with van der Waals surface area (Å²) in [6, 6.07) is 8.59. The summed E-state index contributed by atoms with van der Waals surface area (Å²) in [5.41, 5.74) is 10.7. The van der Waals surface area contributed by atoms with Crippen LogP contribution >= 0.6 is 8.38 Å². The average Bonchev–Trinajstić information content (AvgIpc) is 2.99. The molecule has 0 spiro atoms. The van der Waals surface area contributed by atoms with E-state index in [9.17, 15) is 0 Å². The molecule has 2 heterocycles. The second kappa shape index (κ2) is 8.67. The summed E-state index contributed by atoms with van der Waals surface area (Å²) >= 11 is 0. The lowest BCUT2D eigenvalue weighted by molar-refractivity contribution is 0.269. The third-order valence-electron chi connectivity index (χ3n) is 4.30. The van der Waals surface area contributed by atoms with Gasteiger partial charge in [0.15, 0.2) is 8.38 Å². The Labute approximate surface area is 156 Å². The van der Waals surface area contributed by atoms with Gasteiger partial charge in [0.2, 0.25) is 0 Å². The predicted octanol–water partition coefficient (Wildman–Crippen LogP) is 3.71. The van der Waals surface area contributed by atoms with Gasteiger partial charge in [0.05, 0.1) is 18.8 Å². The van der Waals surface area contributed by atoms with Crippen LogP contribution in [0.4, 0.5) is 5.82 Å². The minimum Gasteiger partial charge on any atom is -0.383 e. The van der Waals surface area contributed by atoms with Crippen LogP contribution in [0.5, 0.6) is 0 Å². The predicted molar refractivity (Wildman–Crippen MR) is 109 cm³/mol. The monoisotopic (exact) mass is 374 g/mol. The molecule has 3 N–H and O–H groups in total. The molecule has 0 amide bonds. The first-order valence-electron chi connectivity index (χ1n) is 9.00. The number of anilines is 1. The van der Waals surface area contributed by atoms with Gasteiger partial charge < -0.3 is 24.7 Å². The second-order valence-electron chi connectivity index (χ2n) is 6.10. The molecule has 0 unspecified atom stereocenters. The fourth-order valence-corrected chi connectivity index (χ4v) is 4.52. The number of aryl methyl sites for hydroxylation is 2. The van der Waals surface area contributed by atoms with Crippen LogP contribution in [0.2, 0.25) is 0 Å². The van der Waals surface area contributed by atoms with Gasteiger partial charge in [-0.05, 0) is 31.4 Å². The summed E-state index contributed by atoms with van der Waals surface area (Å²) in [5.74, 6) is 1.62. The van der Waals surface area contributed by atoms with Crippen molar-refractivity contribution in [3.8, 4) is 11.1 Å². The van der Waals surface area contributed by atoms with Gasteiger partial charge >= 0.3 is 0 Å². The molecule has 1 aromatic carbocycles. The largest absolute Gasteiger partial charge is 0.383 e. The first-order chi connectivity index (χ1) is 12.6. The number of fused-ring (bicyclic) bond motifs is 1. The van der Waals surface area contributed by atoms with E-state index in [-0.39, 0.29) is 0 Å². The Kier molecular flexibility index (Phi) is 6.30. The quantitative estimate of drug-likeness (QED) is 0.691. The molecule has 0 bridgehead atoms. The topological polar surface area (TPSA) is 73.8 Å². The van der Waals surface area contributed by atoms with E-state index in [0.29, 0.717) is 25.7 Å². The molecular formula is C19H27N4O2P. The highest BCUT2D eigenvalue weighted by Gasteiger charge is 2.21. The number of hydrogen-bond acceptors (Lipinski definition) is 5. The van der Waals surface area contributed by atoms with Gasteiger partial charge in [0, 0.05) is 25.0 Å². The molecule has 0 fully saturated rings. The van der Waals surface area contributed by atoms with Crippen LogP contribution in [0.1, 0.15) is 25.0 Å². The van der Waals surface area contributed by atoms with E-state index in [2.05, 4.69) is 45.3 Å². The molecule has 1 aromatic heterocycles. The number of rotatable bonds is 8. The van der Waals surface area contributed by atoms with Gasteiger partial charge in [-0.15, -0.1) is 0 Å². The Morgan fingerprint density at radius 1 is 1.27 bits per heavy atom. The van der Waals surface area contributed by atoms with Gasteiger partial charge in [-0.1, -0.05) is 24.3 Å². The van der Waals surface area contributed by atoms with E-state index in [1.807, 2.05) is 20.9 Å². The minimum atomic E-state index is -0.813. The van der Waals surface area contributed by atoms with Crippen molar-refractivity contribution in [2.45, 2.75) is 20.3 Å². The van der Waals surface area contributed by atoms with Crippen molar-refractivity contribution in [3.63, 3.8) is 0 Å². The van der Waals surface area contributed by atoms with Crippen molar-refractivity contribution in [1.29, 1.82) is 0 Å². The fraction of sp³-hybridized carbons (Fsp3) is 0.421. The summed E-state index contributed by atoms with van der Waals surface area (Å²) in [6.45, 7) is 5.91. The van der Waals surface area contributed by atoms with E-state index in [0.717, 1.165) is 35.1 Å². The lowest BCUT2D eigenvalue weighted by Gasteiger charge is -2.16. The number of nitrogens with one attached hydrogen (secondary N) is 1. The van der Waals surface area contributed by atoms with Gasteiger partial charge in [0.25, 0.3) is 0 Å². The van der Waals surface area contributed by atoms with E-state index >= 15 is 0 Å². The molecule has 1 aliphatic heterocycles. The zero-order chi connectivity index (χ0) is 18.5. The number of nitrogens with two attached hydrogens (primary N) is 1. The highest BCUT2D eigenvalue weighted by atomic mass is 31.2. The first-order valence-corrected chi connectivity index (χ1v) is 10.4. The van der Waals surface area contributed by atoms with Crippen LogP contribution in [0, 0.1) is 0 Å². The van der Waals surface area contributed by atoms with Crippen molar-refractivity contribution < 1.29 is 9.05 Å². The summed E-state index contributed by atoms with van der Waals surface area (Å²) in [4.78, 5) is 4.33. The maximum Gasteiger partial charge on any atom is 0.170 e. The molecule has 3 rings (SSSR count). The van der Waals surface area contributed by atoms with Crippen LogP contribution in [-0.4, -0.2) is 36.4 Å². The number of aromatic nitrogens is 1. The van der Waals surface area contributed by atoms with Gasteiger partial charge in [0.1, 0.15) is 18.3 Å². The normalized spacial score (nSPS) is 13.5. The third-order valence-corrected chi connectivity index (χ3v) is 5.98. The summed E-state index contributed by atoms with van der Waals surface area (Å²) in [5, 5.41) is 3.30. The molecule has 1 aliphatic rings. The van der Waals surface area contributed by atoms with E-state index in [1.54, 1.807) is 0 Å². The van der Waals surface area contributed by atoms with Crippen molar-refractivity contribution in [2.24, 2.45) is 17.8 Å². The number of aliphatic imine (C=N–C) groups is 1. The first kappa shape index (κ1) is 18.9. The van der Waals surface area contributed by atoms with Crippen LogP contribution in [0.25, 0.3) is 11.1 Å². The molecule has 26 heavy (non-hydrogen) atoms. The third kappa shape index (κ3) is 4.09. The van der Waals surface area contributed by atoms with Crippen molar-refractivity contribution in [3.05, 3.63) is 41.6 Å². The van der Waals surface area contributed by atoms with Gasteiger partial charge in [-0.25, -0.2) is 4.99 Å². The minimum absolute atomic E-state index is 0.522. The molecule has 140 valence electrons. The maximum atomic E-state index is 6.17. The standard InChI is InChI=1S/C19H27N4O2P/c1-4-24-26(25-5-2)10-9-14-7-6-8-15(11-14)16-12-23(3)19-17(16)18(20)21-13-22-19/h6-8,11-12,22H,4-5,9-10,13H2,1-3H3,(H2,20,21). The Bertz CT molecular complexity index is 782. The lowest BCUT2D eigenvalue weighted by atomic mass is 10.00. The number of hydrogen-bond donors (Lipinski definition) is 2. The molecule has 6 nitrogen and oxygen atoms in total. The summed E-state index contributed by atoms with van der Waals surface area (Å²) < 4.78 is 13.5. The van der Waals surface area contributed by atoms with Crippen LogP contribution in [0.15, 0.2) is 35.5 Å². The van der Waals surface area contributed by atoms with Crippen LogP contribution in [-0.2, 0) is 22.5 Å². The number of benzene rings is 1. The molecule has 0 saturated heterocycles. The average molecular weight is 374 g/mol. The molecule has 7 heteroatoms. The van der Waals surface area contributed by atoms with Crippen LogP contribution in [0.3, 0.4) is 0 Å². The maximum absolute atomic E-state index is 6.17. The molecule has 0 saturated carbocycles. The molecule has 0 atom stereocenters. The Hall–Kier alpha value is -1.88. The Morgan fingerprint density at radius 2 is 2.04 bits per heavy atom. The fourth-order valence-electron chi connectivity index (χ4n) is 3.17. The van der Waals surface area contributed by atoms with Crippen molar-refractivity contribution in [1.82, 2.24) is 4.57 Å². The highest BCUT2D eigenvalue weighted by molar-refractivity contribution is 7.47.